The average molecular weight is 277 g/mol. The van der Waals surface area contributed by atoms with Crippen LogP contribution in [0.4, 0.5) is 0 Å². The fourth-order valence-electron chi connectivity index (χ4n) is 2.38. The summed E-state index contributed by atoms with van der Waals surface area (Å²) < 4.78 is 0.784. The fourth-order valence-corrected chi connectivity index (χ4v) is 3.49. The molecule has 0 radical (unpaired) electrons. The van der Waals surface area contributed by atoms with Gasteiger partial charge in [-0.2, -0.15) is 0 Å². The summed E-state index contributed by atoms with van der Waals surface area (Å²) in [5.74, 6) is 0.954. The standard InChI is InChI=1S/C13H15N3S2/c1-8-7-18-12(14-8)6-11-15-10-5-3-2-4-9(10)13(17)16-11/h7H,2-6H2,1H3,(H,15,16,17). The molecule has 94 valence electrons. The number of fused-ring (bicyclic) bond motifs is 1. The van der Waals surface area contributed by atoms with Crippen molar-refractivity contribution in [1.29, 1.82) is 0 Å². The van der Waals surface area contributed by atoms with Crippen LogP contribution in [0, 0.1) is 11.6 Å². The molecule has 3 nitrogen and oxygen atoms in total. The topological polar surface area (TPSA) is 41.6 Å². The third-order valence-corrected chi connectivity index (χ3v) is 4.55. The van der Waals surface area contributed by atoms with Gasteiger partial charge in [-0.3, -0.25) is 0 Å². The molecule has 2 aromatic rings. The van der Waals surface area contributed by atoms with Crippen LogP contribution in [-0.2, 0) is 19.3 Å². The van der Waals surface area contributed by atoms with Crippen LogP contribution < -0.4 is 0 Å². The fraction of sp³-hybridized carbons (Fsp3) is 0.462. The maximum atomic E-state index is 5.40. The zero-order valence-electron chi connectivity index (χ0n) is 10.3. The van der Waals surface area contributed by atoms with Crippen molar-refractivity contribution in [2.75, 3.05) is 0 Å². The molecule has 0 amide bonds. The van der Waals surface area contributed by atoms with Gasteiger partial charge < -0.3 is 4.98 Å². The summed E-state index contributed by atoms with van der Waals surface area (Å²) in [5, 5.41) is 3.17. The molecule has 0 unspecified atom stereocenters. The molecule has 0 aliphatic heterocycles. The maximum absolute atomic E-state index is 5.40. The number of nitrogens with zero attached hydrogens (tertiary/aromatic N) is 2. The third-order valence-electron chi connectivity index (χ3n) is 3.24. The van der Waals surface area contributed by atoms with Crippen molar-refractivity contribution in [3.63, 3.8) is 0 Å². The summed E-state index contributed by atoms with van der Waals surface area (Å²) in [5.41, 5.74) is 3.63. The molecule has 3 rings (SSSR count). The van der Waals surface area contributed by atoms with Gasteiger partial charge in [0.2, 0.25) is 0 Å². The summed E-state index contributed by atoms with van der Waals surface area (Å²) in [6.45, 7) is 2.02. The summed E-state index contributed by atoms with van der Waals surface area (Å²) in [6.07, 6.45) is 5.42. The Morgan fingerprint density at radius 1 is 1.33 bits per heavy atom. The Morgan fingerprint density at radius 3 is 2.94 bits per heavy atom. The molecule has 2 aromatic heterocycles. The first-order valence-corrected chi connectivity index (χ1v) is 7.53. The van der Waals surface area contributed by atoms with Crippen LogP contribution in [-0.4, -0.2) is 15.0 Å². The number of H-pyrrole nitrogens is 1. The summed E-state index contributed by atoms with van der Waals surface area (Å²) in [6, 6.07) is 0. The molecule has 0 atom stereocenters. The Labute approximate surface area is 115 Å². The van der Waals surface area contributed by atoms with Crippen LogP contribution in [0.5, 0.6) is 0 Å². The SMILES string of the molecule is Cc1csc(Cc2nc(=S)c3c([nH]2)CCCC3)n1. The molecule has 0 saturated heterocycles. The minimum absolute atomic E-state index is 0.759. The molecule has 1 aliphatic rings. The number of thiazole rings is 1. The second-order valence-electron chi connectivity index (χ2n) is 4.71. The molecule has 2 heterocycles. The first-order valence-electron chi connectivity index (χ1n) is 6.24. The van der Waals surface area contributed by atoms with Gasteiger partial charge in [0.15, 0.2) is 0 Å². The van der Waals surface area contributed by atoms with Crippen LogP contribution >= 0.6 is 23.6 Å². The van der Waals surface area contributed by atoms with Gasteiger partial charge in [-0.15, -0.1) is 11.3 Å². The van der Waals surface area contributed by atoms with Crippen molar-refractivity contribution in [3.8, 4) is 0 Å². The van der Waals surface area contributed by atoms with Crippen molar-refractivity contribution >= 4 is 23.6 Å². The maximum Gasteiger partial charge on any atom is 0.133 e. The predicted molar refractivity (Wildman–Crippen MR) is 75.7 cm³/mol. The Bertz CT molecular complexity index is 627. The lowest BCUT2D eigenvalue weighted by Crippen LogP contribution is -2.10. The van der Waals surface area contributed by atoms with Gasteiger partial charge in [0.1, 0.15) is 15.5 Å². The van der Waals surface area contributed by atoms with E-state index in [0.717, 1.165) is 40.4 Å². The Kier molecular flexibility index (Phi) is 3.26. The molecule has 18 heavy (non-hydrogen) atoms. The van der Waals surface area contributed by atoms with E-state index >= 15 is 0 Å². The van der Waals surface area contributed by atoms with E-state index in [-0.39, 0.29) is 0 Å². The molecule has 1 aliphatic carbocycles. The average Bonchev–Trinajstić information content (AvgIpc) is 2.75. The van der Waals surface area contributed by atoms with Crippen molar-refractivity contribution in [1.82, 2.24) is 15.0 Å². The minimum Gasteiger partial charge on any atom is -0.347 e. The number of aryl methyl sites for hydroxylation is 2. The number of aromatic amines is 1. The van der Waals surface area contributed by atoms with E-state index in [4.69, 9.17) is 12.2 Å². The highest BCUT2D eigenvalue weighted by Gasteiger charge is 2.13. The second-order valence-corrected chi connectivity index (χ2v) is 6.04. The minimum atomic E-state index is 0.759. The highest BCUT2D eigenvalue weighted by atomic mass is 32.1. The van der Waals surface area contributed by atoms with Gasteiger partial charge in [-0.05, 0) is 32.6 Å². The van der Waals surface area contributed by atoms with Gasteiger partial charge in [0, 0.05) is 22.3 Å². The Hall–Kier alpha value is -1.07. The van der Waals surface area contributed by atoms with Crippen molar-refractivity contribution in [2.24, 2.45) is 0 Å². The molecule has 5 heteroatoms. The number of aromatic nitrogens is 3. The molecular weight excluding hydrogens is 262 g/mol. The van der Waals surface area contributed by atoms with Crippen molar-refractivity contribution < 1.29 is 0 Å². The first kappa shape index (κ1) is 12.0. The van der Waals surface area contributed by atoms with Crippen LogP contribution in [0.1, 0.15) is 40.6 Å². The van der Waals surface area contributed by atoms with E-state index in [1.165, 1.54) is 24.1 Å². The normalized spacial score (nSPS) is 14.5. The van der Waals surface area contributed by atoms with E-state index in [1.807, 2.05) is 6.92 Å². The van der Waals surface area contributed by atoms with Gasteiger partial charge in [-0.25, -0.2) is 9.97 Å². The summed E-state index contributed by atoms with van der Waals surface area (Å²) in [4.78, 5) is 12.4. The highest BCUT2D eigenvalue weighted by Crippen LogP contribution is 2.21. The zero-order valence-corrected chi connectivity index (χ0v) is 12.0. The van der Waals surface area contributed by atoms with E-state index in [9.17, 15) is 0 Å². The molecule has 0 spiro atoms. The van der Waals surface area contributed by atoms with Crippen molar-refractivity contribution in [2.45, 2.75) is 39.0 Å². The molecular formula is C13H15N3S2. The zero-order chi connectivity index (χ0) is 12.5. The monoisotopic (exact) mass is 277 g/mol. The third kappa shape index (κ3) is 2.37. The van der Waals surface area contributed by atoms with Crippen LogP contribution in [0.3, 0.4) is 0 Å². The van der Waals surface area contributed by atoms with Gasteiger partial charge in [0.25, 0.3) is 0 Å². The summed E-state index contributed by atoms with van der Waals surface area (Å²) >= 11 is 7.08. The smallest absolute Gasteiger partial charge is 0.133 e. The lowest BCUT2D eigenvalue weighted by molar-refractivity contribution is 0.653. The lowest BCUT2D eigenvalue weighted by Gasteiger charge is -2.16. The molecule has 0 aromatic carbocycles. The number of hydrogen-bond acceptors (Lipinski definition) is 4. The molecule has 0 saturated carbocycles. The molecule has 0 bridgehead atoms. The quantitative estimate of drug-likeness (QED) is 0.856. The largest absolute Gasteiger partial charge is 0.347 e. The lowest BCUT2D eigenvalue weighted by atomic mass is 9.97. The number of hydrogen-bond donors (Lipinski definition) is 1. The molecule has 1 N–H and O–H groups in total. The predicted octanol–water partition coefficient (Wildman–Crippen LogP) is 3.37. The highest BCUT2D eigenvalue weighted by molar-refractivity contribution is 7.71. The van der Waals surface area contributed by atoms with Gasteiger partial charge in [-0.1, -0.05) is 12.2 Å². The molecule has 0 fully saturated rings. The first-order chi connectivity index (χ1) is 8.72. The van der Waals surface area contributed by atoms with Crippen molar-refractivity contribution in [3.05, 3.63) is 37.8 Å². The number of nitrogens with one attached hydrogen (secondary N) is 1. The van der Waals surface area contributed by atoms with Crippen LogP contribution in [0.2, 0.25) is 0 Å². The van der Waals surface area contributed by atoms with E-state index in [2.05, 4.69) is 20.3 Å². The van der Waals surface area contributed by atoms with Gasteiger partial charge >= 0.3 is 0 Å². The number of rotatable bonds is 2. The Morgan fingerprint density at radius 2 is 2.17 bits per heavy atom. The van der Waals surface area contributed by atoms with Gasteiger partial charge in [0.05, 0.1) is 6.42 Å². The second kappa shape index (κ2) is 4.90. The van der Waals surface area contributed by atoms with E-state index < -0.39 is 0 Å². The van der Waals surface area contributed by atoms with E-state index in [1.54, 1.807) is 11.3 Å². The Balaban J connectivity index is 1.93. The van der Waals surface area contributed by atoms with E-state index in [0.29, 0.717) is 0 Å². The summed E-state index contributed by atoms with van der Waals surface area (Å²) in [7, 11) is 0. The van der Waals surface area contributed by atoms with Crippen LogP contribution in [0.15, 0.2) is 5.38 Å². The van der Waals surface area contributed by atoms with Crippen LogP contribution in [0.25, 0.3) is 0 Å².